The molecule has 5 nitrogen and oxygen atoms in total. The maximum absolute atomic E-state index is 12.6. The summed E-state index contributed by atoms with van der Waals surface area (Å²) in [6.45, 7) is 1.56. The number of aryl methyl sites for hydroxylation is 1. The van der Waals surface area contributed by atoms with Gasteiger partial charge < -0.3 is 14.8 Å². The standard InChI is InChI=1S/C21H24F2N2O3/c1-15-6-5-9-18(28-21(22)23)20(15)24-19(26)12-17-14-25(10-11-27-17)13-16-7-3-2-4-8-16/h2-9,17,21H,10-14H2,1H3,(H,24,26). The Balaban J connectivity index is 1.57. The highest BCUT2D eigenvalue weighted by Gasteiger charge is 2.24. The molecule has 0 aromatic heterocycles. The van der Waals surface area contributed by atoms with E-state index < -0.39 is 6.61 Å². The lowest BCUT2D eigenvalue weighted by Crippen LogP contribution is -2.43. The smallest absolute Gasteiger partial charge is 0.387 e. The Morgan fingerprint density at radius 1 is 1.25 bits per heavy atom. The first kappa shape index (κ1) is 20.2. The third-order valence-corrected chi connectivity index (χ3v) is 4.60. The van der Waals surface area contributed by atoms with Crippen LogP contribution in [0.1, 0.15) is 17.5 Å². The van der Waals surface area contributed by atoms with Crippen LogP contribution in [0.15, 0.2) is 48.5 Å². The summed E-state index contributed by atoms with van der Waals surface area (Å²) in [7, 11) is 0. The van der Waals surface area contributed by atoms with E-state index in [-0.39, 0.29) is 29.9 Å². The van der Waals surface area contributed by atoms with Crippen LogP contribution in [0.4, 0.5) is 14.5 Å². The van der Waals surface area contributed by atoms with Gasteiger partial charge in [-0.3, -0.25) is 9.69 Å². The molecule has 1 unspecified atom stereocenters. The number of carbonyl (C=O) groups is 1. The minimum atomic E-state index is -2.95. The molecular formula is C21H24F2N2O3. The van der Waals surface area contributed by atoms with Crippen molar-refractivity contribution < 1.29 is 23.0 Å². The van der Waals surface area contributed by atoms with Crippen LogP contribution in [-0.4, -0.2) is 43.2 Å². The lowest BCUT2D eigenvalue weighted by Gasteiger charge is -2.32. The van der Waals surface area contributed by atoms with Gasteiger partial charge in [-0.15, -0.1) is 0 Å². The first-order chi connectivity index (χ1) is 13.5. The number of carbonyl (C=O) groups excluding carboxylic acids is 1. The lowest BCUT2D eigenvalue weighted by molar-refractivity contribution is -0.121. The minimum Gasteiger partial charge on any atom is -0.433 e. The van der Waals surface area contributed by atoms with E-state index in [2.05, 4.69) is 27.1 Å². The Morgan fingerprint density at radius 2 is 2.04 bits per heavy atom. The second-order valence-electron chi connectivity index (χ2n) is 6.79. The molecule has 7 heteroatoms. The van der Waals surface area contributed by atoms with Crippen LogP contribution in [0.3, 0.4) is 0 Å². The zero-order valence-electron chi connectivity index (χ0n) is 15.7. The van der Waals surface area contributed by atoms with E-state index in [0.717, 1.165) is 13.1 Å². The number of ether oxygens (including phenoxy) is 2. The van der Waals surface area contributed by atoms with Crippen molar-refractivity contribution in [3.63, 3.8) is 0 Å². The number of amides is 1. The molecule has 1 heterocycles. The molecule has 1 saturated heterocycles. The molecule has 1 aliphatic heterocycles. The molecule has 1 N–H and O–H groups in total. The summed E-state index contributed by atoms with van der Waals surface area (Å²) in [6, 6.07) is 14.9. The van der Waals surface area contributed by atoms with Gasteiger partial charge in [-0.1, -0.05) is 42.5 Å². The molecule has 3 rings (SSSR count). The maximum Gasteiger partial charge on any atom is 0.387 e. The molecule has 2 aromatic carbocycles. The average molecular weight is 390 g/mol. The fraction of sp³-hybridized carbons (Fsp3) is 0.381. The normalized spacial score (nSPS) is 17.5. The van der Waals surface area contributed by atoms with Gasteiger partial charge in [0.25, 0.3) is 0 Å². The van der Waals surface area contributed by atoms with Gasteiger partial charge in [-0.05, 0) is 24.1 Å². The maximum atomic E-state index is 12.6. The average Bonchev–Trinajstić information content (AvgIpc) is 2.65. The summed E-state index contributed by atoms with van der Waals surface area (Å²) < 4.78 is 35.4. The van der Waals surface area contributed by atoms with Crippen molar-refractivity contribution in [1.29, 1.82) is 0 Å². The molecule has 0 bridgehead atoms. The van der Waals surface area contributed by atoms with E-state index in [1.807, 2.05) is 18.2 Å². The van der Waals surface area contributed by atoms with Crippen LogP contribution in [0.2, 0.25) is 0 Å². The Labute approximate surface area is 163 Å². The molecule has 2 aromatic rings. The zero-order chi connectivity index (χ0) is 19.9. The van der Waals surface area contributed by atoms with Crippen molar-refractivity contribution in [3.8, 4) is 5.75 Å². The van der Waals surface area contributed by atoms with Gasteiger partial charge in [-0.2, -0.15) is 8.78 Å². The molecule has 1 aliphatic rings. The molecule has 0 aliphatic carbocycles. The Morgan fingerprint density at radius 3 is 2.79 bits per heavy atom. The third-order valence-electron chi connectivity index (χ3n) is 4.60. The van der Waals surface area contributed by atoms with Crippen molar-refractivity contribution in [1.82, 2.24) is 4.90 Å². The molecule has 0 radical (unpaired) electrons. The van der Waals surface area contributed by atoms with Crippen LogP contribution in [0, 0.1) is 6.92 Å². The summed E-state index contributed by atoms with van der Waals surface area (Å²) in [5.41, 5.74) is 2.13. The van der Waals surface area contributed by atoms with E-state index in [1.165, 1.54) is 11.6 Å². The van der Waals surface area contributed by atoms with Crippen molar-refractivity contribution in [3.05, 3.63) is 59.7 Å². The van der Waals surface area contributed by atoms with Gasteiger partial charge >= 0.3 is 6.61 Å². The number of halogens is 2. The zero-order valence-corrected chi connectivity index (χ0v) is 15.7. The Kier molecular flexibility index (Phi) is 6.95. The van der Waals surface area contributed by atoms with Crippen LogP contribution in [-0.2, 0) is 16.1 Å². The summed E-state index contributed by atoms with van der Waals surface area (Å²) in [4.78, 5) is 14.7. The molecule has 0 saturated carbocycles. The van der Waals surface area contributed by atoms with Crippen LogP contribution >= 0.6 is 0 Å². The molecule has 1 amide bonds. The fourth-order valence-electron chi connectivity index (χ4n) is 3.28. The van der Waals surface area contributed by atoms with E-state index >= 15 is 0 Å². The first-order valence-electron chi connectivity index (χ1n) is 9.23. The third kappa shape index (κ3) is 5.74. The van der Waals surface area contributed by atoms with Gasteiger partial charge in [-0.25, -0.2) is 0 Å². The van der Waals surface area contributed by atoms with E-state index in [9.17, 15) is 13.6 Å². The number of anilines is 1. The molecule has 150 valence electrons. The Hall–Kier alpha value is -2.51. The van der Waals surface area contributed by atoms with Crippen molar-refractivity contribution in [2.75, 3.05) is 25.0 Å². The monoisotopic (exact) mass is 390 g/mol. The number of para-hydroxylation sites is 1. The summed E-state index contributed by atoms with van der Waals surface area (Å²) in [6.07, 6.45) is -0.103. The second kappa shape index (κ2) is 9.61. The number of morpholine rings is 1. The largest absolute Gasteiger partial charge is 0.433 e. The van der Waals surface area contributed by atoms with Gasteiger partial charge in [0, 0.05) is 19.6 Å². The number of alkyl halides is 2. The quantitative estimate of drug-likeness (QED) is 0.781. The minimum absolute atomic E-state index is 0.0429. The van der Waals surface area contributed by atoms with E-state index in [1.54, 1.807) is 19.1 Å². The number of nitrogens with zero attached hydrogens (tertiary/aromatic N) is 1. The molecule has 1 fully saturated rings. The van der Waals surface area contributed by atoms with Crippen molar-refractivity contribution in [2.45, 2.75) is 32.6 Å². The Bertz CT molecular complexity index is 786. The molecule has 1 atom stereocenters. The summed E-state index contributed by atoms with van der Waals surface area (Å²) in [5.74, 6) is -0.335. The number of nitrogens with one attached hydrogen (secondary N) is 1. The second-order valence-corrected chi connectivity index (χ2v) is 6.79. The fourth-order valence-corrected chi connectivity index (χ4v) is 3.28. The topological polar surface area (TPSA) is 50.8 Å². The van der Waals surface area contributed by atoms with E-state index in [4.69, 9.17) is 4.74 Å². The van der Waals surface area contributed by atoms with Crippen LogP contribution < -0.4 is 10.1 Å². The number of benzene rings is 2. The van der Waals surface area contributed by atoms with Crippen molar-refractivity contribution >= 4 is 11.6 Å². The van der Waals surface area contributed by atoms with Gasteiger partial charge in [0.05, 0.1) is 24.8 Å². The number of hydrogen-bond donors (Lipinski definition) is 1. The predicted molar refractivity (Wildman–Crippen MR) is 103 cm³/mol. The summed E-state index contributed by atoms with van der Waals surface area (Å²) in [5, 5.41) is 2.70. The first-order valence-corrected chi connectivity index (χ1v) is 9.23. The summed E-state index contributed by atoms with van der Waals surface area (Å²) >= 11 is 0. The number of rotatable bonds is 7. The molecular weight excluding hydrogens is 366 g/mol. The molecule has 0 spiro atoms. The lowest BCUT2D eigenvalue weighted by atomic mass is 10.1. The van der Waals surface area contributed by atoms with Gasteiger partial charge in [0.1, 0.15) is 5.75 Å². The molecule has 28 heavy (non-hydrogen) atoms. The predicted octanol–water partition coefficient (Wildman–Crippen LogP) is 3.83. The van der Waals surface area contributed by atoms with E-state index in [0.29, 0.717) is 18.7 Å². The highest BCUT2D eigenvalue weighted by molar-refractivity contribution is 5.93. The number of hydrogen-bond acceptors (Lipinski definition) is 4. The van der Waals surface area contributed by atoms with Crippen molar-refractivity contribution in [2.24, 2.45) is 0 Å². The van der Waals surface area contributed by atoms with Gasteiger partial charge in [0.15, 0.2) is 0 Å². The van der Waals surface area contributed by atoms with Crippen LogP contribution in [0.5, 0.6) is 5.75 Å². The van der Waals surface area contributed by atoms with Gasteiger partial charge in [0.2, 0.25) is 5.91 Å². The highest BCUT2D eigenvalue weighted by Crippen LogP contribution is 2.29. The highest BCUT2D eigenvalue weighted by atomic mass is 19.3. The SMILES string of the molecule is Cc1cccc(OC(F)F)c1NC(=O)CC1CN(Cc2ccccc2)CCO1. The van der Waals surface area contributed by atoms with Crippen LogP contribution in [0.25, 0.3) is 0 Å².